The number of rotatable bonds is 22. The first-order valence-corrected chi connectivity index (χ1v) is 12.9. The summed E-state index contributed by atoms with van der Waals surface area (Å²) in [6.07, 6.45) is 19.8. The minimum atomic E-state index is 0.615. The molecule has 0 unspecified atom stereocenters. The summed E-state index contributed by atoms with van der Waals surface area (Å²) >= 11 is 0. The number of ether oxygens (including phenoxy) is 2. The van der Waals surface area contributed by atoms with Crippen LogP contribution in [0.1, 0.15) is 109 Å². The van der Waals surface area contributed by atoms with E-state index in [4.69, 9.17) is 9.47 Å². The predicted molar refractivity (Wildman–Crippen MR) is 130 cm³/mol. The molecule has 30 heavy (non-hydrogen) atoms. The van der Waals surface area contributed by atoms with Gasteiger partial charge in [0.15, 0.2) is 0 Å². The number of hydrogen-bond acceptors (Lipinski definition) is 3. The second-order valence-electron chi connectivity index (χ2n) is 8.47. The van der Waals surface area contributed by atoms with Crippen LogP contribution in [0.4, 0.5) is 0 Å². The maximum Gasteiger partial charge on any atom is 0.119 e. The molecule has 174 valence electrons. The zero-order valence-electron chi connectivity index (χ0n) is 20.1. The maximum absolute atomic E-state index is 5.73. The third-order valence-corrected chi connectivity index (χ3v) is 5.64. The topological polar surface area (TPSA) is 30.5 Å². The fraction of sp³-hybridized carbons (Fsp3) is 0.778. The Balaban J connectivity index is 1.86. The minimum Gasteiger partial charge on any atom is -0.491 e. The lowest BCUT2D eigenvalue weighted by Crippen LogP contribution is -2.14. The fourth-order valence-corrected chi connectivity index (χ4v) is 3.79. The van der Waals surface area contributed by atoms with Crippen molar-refractivity contribution in [1.29, 1.82) is 0 Å². The Kier molecular flexibility index (Phi) is 19.0. The van der Waals surface area contributed by atoms with Crippen molar-refractivity contribution in [3.05, 3.63) is 29.8 Å². The molecule has 0 radical (unpaired) electrons. The Morgan fingerprint density at radius 3 is 1.90 bits per heavy atom. The molecule has 0 aromatic heterocycles. The van der Waals surface area contributed by atoms with Gasteiger partial charge in [-0.3, -0.25) is 0 Å². The second-order valence-corrected chi connectivity index (χ2v) is 8.47. The number of nitrogens with one attached hydrogen (secondary N) is 1. The summed E-state index contributed by atoms with van der Waals surface area (Å²) < 4.78 is 11.0. The molecule has 1 aromatic carbocycles. The number of hydrogen-bond donors (Lipinski definition) is 1. The Morgan fingerprint density at radius 2 is 1.30 bits per heavy atom. The van der Waals surface area contributed by atoms with Crippen LogP contribution in [0, 0.1) is 0 Å². The molecule has 0 fully saturated rings. The minimum absolute atomic E-state index is 0.615. The monoisotopic (exact) mass is 419 g/mol. The second kappa shape index (κ2) is 21.2. The summed E-state index contributed by atoms with van der Waals surface area (Å²) in [5.74, 6) is 0.936. The van der Waals surface area contributed by atoms with Crippen LogP contribution in [0.2, 0.25) is 0 Å². The fourth-order valence-electron chi connectivity index (χ4n) is 3.79. The van der Waals surface area contributed by atoms with E-state index in [9.17, 15) is 0 Å². The molecular formula is C27H49NO2. The van der Waals surface area contributed by atoms with E-state index in [1.807, 2.05) is 13.0 Å². The lowest BCUT2D eigenvalue weighted by atomic mass is 10.0. The Labute approximate surface area is 187 Å². The Bertz CT molecular complexity index is 478. The van der Waals surface area contributed by atoms with Crippen molar-refractivity contribution in [3.63, 3.8) is 0 Å². The molecule has 0 saturated heterocycles. The molecular weight excluding hydrogens is 370 g/mol. The van der Waals surface area contributed by atoms with Gasteiger partial charge in [-0.1, -0.05) is 103 Å². The summed E-state index contributed by atoms with van der Waals surface area (Å²) in [5, 5.41) is 3.57. The van der Waals surface area contributed by atoms with E-state index in [-0.39, 0.29) is 0 Å². The molecule has 3 heteroatoms. The third-order valence-electron chi connectivity index (χ3n) is 5.64. The molecule has 1 N–H and O–H groups in total. The summed E-state index contributed by atoms with van der Waals surface area (Å²) in [6.45, 7) is 8.33. The zero-order chi connectivity index (χ0) is 21.5. The molecule has 0 aliphatic carbocycles. The van der Waals surface area contributed by atoms with E-state index in [1.165, 1.54) is 95.5 Å². The van der Waals surface area contributed by atoms with Crippen LogP contribution in [0.15, 0.2) is 24.3 Å². The van der Waals surface area contributed by atoms with E-state index < -0.39 is 0 Å². The van der Waals surface area contributed by atoms with Gasteiger partial charge in [-0.25, -0.2) is 0 Å². The smallest absolute Gasteiger partial charge is 0.119 e. The number of unbranched alkanes of at least 4 members (excludes halogenated alkanes) is 13. The van der Waals surface area contributed by atoms with Crippen molar-refractivity contribution in [2.75, 3.05) is 26.4 Å². The van der Waals surface area contributed by atoms with Gasteiger partial charge in [0.1, 0.15) is 12.4 Å². The zero-order valence-corrected chi connectivity index (χ0v) is 20.1. The molecule has 0 saturated carbocycles. The first-order valence-electron chi connectivity index (χ1n) is 12.9. The lowest BCUT2D eigenvalue weighted by Gasteiger charge is -2.09. The van der Waals surface area contributed by atoms with Gasteiger partial charge in [0.05, 0.1) is 6.61 Å². The average molecular weight is 420 g/mol. The highest BCUT2D eigenvalue weighted by molar-refractivity contribution is 5.28. The molecule has 0 aliphatic heterocycles. The molecule has 3 nitrogen and oxygen atoms in total. The van der Waals surface area contributed by atoms with Crippen LogP contribution in [0.3, 0.4) is 0 Å². The van der Waals surface area contributed by atoms with Crippen molar-refractivity contribution < 1.29 is 9.47 Å². The molecule has 0 amide bonds. The quantitative estimate of drug-likeness (QED) is 0.196. The standard InChI is InChI=1S/C27H49NO2/c1-3-5-6-7-8-9-10-11-12-13-14-15-16-17-21-28-25-26-19-18-20-27(24-26)30-23-22-29-4-2/h18-20,24,28H,3-17,21-23,25H2,1-2H3. The van der Waals surface area contributed by atoms with Crippen LogP contribution in [-0.2, 0) is 11.3 Å². The van der Waals surface area contributed by atoms with E-state index >= 15 is 0 Å². The van der Waals surface area contributed by atoms with Gasteiger partial charge in [-0.15, -0.1) is 0 Å². The van der Waals surface area contributed by atoms with Gasteiger partial charge in [-0.05, 0) is 37.6 Å². The normalized spacial score (nSPS) is 11.1. The molecule has 0 heterocycles. The highest BCUT2D eigenvalue weighted by Crippen LogP contribution is 2.14. The third kappa shape index (κ3) is 16.7. The van der Waals surface area contributed by atoms with Gasteiger partial charge in [0.2, 0.25) is 0 Å². The molecule has 1 aromatic rings. The molecule has 0 atom stereocenters. The Morgan fingerprint density at radius 1 is 0.700 bits per heavy atom. The molecule has 1 rings (SSSR count). The highest BCUT2D eigenvalue weighted by Gasteiger charge is 1.98. The summed E-state index contributed by atoms with van der Waals surface area (Å²) in [6, 6.07) is 8.38. The first kappa shape index (κ1) is 27.0. The van der Waals surface area contributed by atoms with Crippen LogP contribution in [-0.4, -0.2) is 26.4 Å². The number of benzene rings is 1. The average Bonchev–Trinajstić information content (AvgIpc) is 2.77. The van der Waals surface area contributed by atoms with Gasteiger partial charge >= 0.3 is 0 Å². The van der Waals surface area contributed by atoms with Gasteiger partial charge < -0.3 is 14.8 Å². The van der Waals surface area contributed by atoms with Gasteiger partial charge in [0.25, 0.3) is 0 Å². The summed E-state index contributed by atoms with van der Waals surface area (Å²) in [4.78, 5) is 0. The van der Waals surface area contributed by atoms with Gasteiger partial charge in [0, 0.05) is 13.2 Å². The van der Waals surface area contributed by atoms with Gasteiger partial charge in [-0.2, -0.15) is 0 Å². The van der Waals surface area contributed by atoms with Crippen molar-refractivity contribution in [2.24, 2.45) is 0 Å². The van der Waals surface area contributed by atoms with E-state index in [0.29, 0.717) is 13.2 Å². The molecule has 0 spiro atoms. The van der Waals surface area contributed by atoms with E-state index in [0.717, 1.165) is 25.4 Å². The Hall–Kier alpha value is -1.06. The van der Waals surface area contributed by atoms with Crippen LogP contribution < -0.4 is 10.1 Å². The van der Waals surface area contributed by atoms with Crippen molar-refractivity contribution in [2.45, 2.75) is 110 Å². The van der Waals surface area contributed by atoms with Crippen LogP contribution in [0.25, 0.3) is 0 Å². The molecule has 0 bridgehead atoms. The van der Waals surface area contributed by atoms with Crippen molar-refractivity contribution in [3.8, 4) is 5.75 Å². The van der Waals surface area contributed by atoms with Crippen molar-refractivity contribution >= 4 is 0 Å². The van der Waals surface area contributed by atoms with Crippen LogP contribution in [0.5, 0.6) is 5.75 Å². The summed E-state index contributed by atoms with van der Waals surface area (Å²) in [5.41, 5.74) is 1.29. The first-order chi connectivity index (χ1) is 14.9. The highest BCUT2D eigenvalue weighted by atomic mass is 16.5. The van der Waals surface area contributed by atoms with Crippen molar-refractivity contribution in [1.82, 2.24) is 5.32 Å². The summed E-state index contributed by atoms with van der Waals surface area (Å²) in [7, 11) is 0. The predicted octanol–water partition coefficient (Wildman–Crippen LogP) is 7.67. The SMILES string of the molecule is CCCCCCCCCCCCCCCCNCc1cccc(OCCOCC)c1. The van der Waals surface area contributed by atoms with E-state index in [2.05, 4.69) is 30.4 Å². The largest absolute Gasteiger partial charge is 0.491 e. The van der Waals surface area contributed by atoms with E-state index in [1.54, 1.807) is 0 Å². The lowest BCUT2D eigenvalue weighted by molar-refractivity contribution is 0.110. The maximum atomic E-state index is 5.73. The van der Waals surface area contributed by atoms with Crippen LogP contribution >= 0.6 is 0 Å². The molecule has 0 aliphatic rings.